The molecule has 4 rings (SSSR count). The fourth-order valence-electron chi connectivity index (χ4n) is 3.22. The zero-order chi connectivity index (χ0) is 20.3. The third kappa shape index (κ3) is 4.46. The molecule has 1 N–H and O–H groups in total. The summed E-state index contributed by atoms with van der Waals surface area (Å²) in [5, 5.41) is 3.83. The third-order valence-corrected chi connectivity index (χ3v) is 7.95. The summed E-state index contributed by atoms with van der Waals surface area (Å²) in [5.74, 6) is 0. The lowest BCUT2D eigenvalue weighted by Crippen LogP contribution is -2.20. The Balaban J connectivity index is 1.69. The molecule has 29 heavy (non-hydrogen) atoms. The van der Waals surface area contributed by atoms with Crippen LogP contribution in [0.15, 0.2) is 114 Å². The summed E-state index contributed by atoms with van der Waals surface area (Å²) in [6.45, 7) is 0. The second-order valence-corrected chi connectivity index (χ2v) is 10.2. The molecule has 4 aromatic rings. The minimum Gasteiger partial charge on any atom is -0.282 e. The first-order valence-electron chi connectivity index (χ1n) is 9.10. The monoisotopic (exact) mass is 418 g/mol. The van der Waals surface area contributed by atoms with E-state index in [0.29, 0.717) is 0 Å². The van der Waals surface area contributed by atoms with E-state index >= 15 is 0 Å². The number of hydrogen-bond donors (Lipinski definition) is 1. The summed E-state index contributed by atoms with van der Waals surface area (Å²) >= 11 is 0. The lowest BCUT2D eigenvalue weighted by molar-refractivity contribution is 0.483. The molecular formula is C24H19O3PS. The molecule has 0 aliphatic carbocycles. The highest BCUT2D eigenvalue weighted by atomic mass is 32.2. The van der Waals surface area contributed by atoms with Gasteiger partial charge in [0.25, 0.3) is 10.1 Å². The maximum Gasteiger partial charge on any atom is 0.294 e. The highest BCUT2D eigenvalue weighted by Gasteiger charge is 2.16. The Morgan fingerprint density at radius 1 is 0.517 bits per heavy atom. The Morgan fingerprint density at radius 2 is 0.897 bits per heavy atom. The van der Waals surface area contributed by atoms with Crippen LogP contribution in [0.4, 0.5) is 0 Å². The Bertz CT molecular complexity index is 1150. The Hall–Kier alpha value is -2.78. The van der Waals surface area contributed by atoms with Gasteiger partial charge in [-0.05, 0) is 47.1 Å². The Kier molecular flexibility index (Phi) is 5.59. The smallest absolute Gasteiger partial charge is 0.282 e. The van der Waals surface area contributed by atoms with Crippen LogP contribution >= 0.6 is 7.92 Å². The van der Waals surface area contributed by atoms with Gasteiger partial charge in [-0.25, -0.2) is 0 Å². The van der Waals surface area contributed by atoms with Gasteiger partial charge >= 0.3 is 0 Å². The normalized spacial score (nSPS) is 11.5. The summed E-state index contributed by atoms with van der Waals surface area (Å²) in [5.41, 5.74) is 1.89. The van der Waals surface area contributed by atoms with Crippen molar-refractivity contribution in [3.63, 3.8) is 0 Å². The molecule has 0 saturated carbocycles. The lowest BCUT2D eigenvalue weighted by Gasteiger charge is -2.19. The molecule has 0 atom stereocenters. The van der Waals surface area contributed by atoms with Crippen LogP contribution in [0, 0.1) is 0 Å². The number of hydrogen-bond acceptors (Lipinski definition) is 2. The summed E-state index contributed by atoms with van der Waals surface area (Å²) in [6, 6.07) is 35.6. The zero-order valence-corrected chi connectivity index (χ0v) is 17.2. The van der Waals surface area contributed by atoms with Gasteiger partial charge in [0.2, 0.25) is 0 Å². The van der Waals surface area contributed by atoms with Crippen LogP contribution in [-0.4, -0.2) is 13.0 Å². The van der Waals surface area contributed by atoms with Gasteiger partial charge < -0.3 is 0 Å². The Labute approximate surface area is 172 Å². The summed E-state index contributed by atoms with van der Waals surface area (Å²) in [4.78, 5) is -0.102. The van der Waals surface area contributed by atoms with E-state index in [1.807, 2.05) is 12.1 Å². The fraction of sp³-hybridized carbons (Fsp3) is 0. The molecule has 0 bridgehead atoms. The zero-order valence-electron chi connectivity index (χ0n) is 15.5. The van der Waals surface area contributed by atoms with E-state index in [0.717, 1.165) is 11.1 Å². The second kappa shape index (κ2) is 8.30. The van der Waals surface area contributed by atoms with Gasteiger partial charge in [0.05, 0.1) is 4.90 Å². The topological polar surface area (TPSA) is 54.4 Å². The van der Waals surface area contributed by atoms with Gasteiger partial charge in [0.1, 0.15) is 0 Å². The molecule has 5 heteroatoms. The van der Waals surface area contributed by atoms with Crippen molar-refractivity contribution in [1.82, 2.24) is 0 Å². The standard InChI is InChI=1S/C24H19O3PS/c25-29(26,27)24-17-13-20(14-18-24)19-11-15-23(16-12-19)28(21-7-3-1-4-8-21)22-9-5-2-6-10-22/h1-18H,(H,25,26,27). The fourth-order valence-corrected chi connectivity index (χ4v) is 5.99. The van der Waals surface area contributed by atoms with Crippen LogP contribution in [0.25, 0.3) is 11.1 Å². The molecule has 0 unspecified atom stereocenters. The van der Waals surface area contributed by atoms with Crippen molar-refractivity contribution in [3.8, 4) is 11.1 Å². The van der Waals surface area contributed by atoms with Crippen molar-refractivity contribution in [2.45, 2.75) is 4.90 Å². The molecule has 4 aromatic carbocycles. The van der Waals surface area contributed by atoms with Crippen LogP contribution in [0.2, 0.25) is 0 Å². The molecular weight excluding hydrogens is 399 g/mol. The van der Waals surface area contributed by atoms with E-state index in [2.05, 4.69) is 72.8 Å². The largest absolute Gasteiger partial charge is 0.294 e. The van der Waals surface area contributed by atoms with Crippen LogP contribution in [-0.2, 0) is 10.1 Å². The summed E-state index contributed by atoms with van der Waals surface area (Å²) in [6.07, 6.45) is 0. The van der Waals surface area contributed by atoms with Crippen molar-refractivity contribution in [2.75, 3.05) is 0 Å². The van der Waals surface area contributed by atoms with Crippen molar-refractivity contribution < 1.29 is 13.0 Å². The van der Waals surface area contributed by atoms with E-state index in [4.69, 9.17) is 4.55 Å². The molecule has 0 aromatic heterocycles. The summed E-state index contributed by atoms with van der Waals surface area (Å²) < 4.78 is 31.6. The average molecular weight is 418 g/mol. The van der Waals surface area contributed by atoms with E-state index in [1.54, 1.807) is 12.1 Å². The lowest BCUT2D eigenvalue weighted by atomic mass is 10.1. The molecule has 0 amide bonds. The second-order valence-electron chi connectivity index (χ2n) is 6.55. The minimum atomic E-state index is -4.18. The van der Waals surface area contributed by atoms with Crippen molar-refractivity contribution in [3.05, 3.63) is 109 Å². The van der Waals surface area contributed by atoms with Crippen LogP contribution in [0.1, 0.15) is 0 Å². The van der Waals surface area contributed by atoms with E-state index in [-0.39, 0.29) is 4.90 Å². The van der Waals surface area contributed by atoms with Gasteiger partial charge in [-0.2, -0.15) is 8.42 Å². The molecule has 0 radical (unpaired) electrons. The Morgan fingerprint density at radius 3 is 1.31 bits per heavy atom. The van der Waals surface area contributed by atoms with E-state index in [1.165, 1.54) is 28.0 Å². The van der Waals surface area contributed by atoms with Gasteiger partial charge in [-0.3, -0.25) is 4.55 Å². The first kappa shape index (κ1) is 19.5. The van der Waals surface area contributed by atoms with Gasteiger partial charge in [0.15, 0.2) is 0 Å². The average Bonchev–Trinajstić information content (AvgIpc) is 2.76. The summed E-state index contributed by atoms with van der Waals surface area (Å²) in [7, 11) is -4.84. The van der Waals surface area contributed by atoms with Crippen molar-refractivity contribution in [1.29, 1.82) is 0 Å². The number of benzene rings is 4. The van der Waals surface area contributed by atoms with Crippen LogP contribution in [0.3, 0.4) is 0 Å². The molecule has 144 valence electrons. The molecule has 0 spiro atoms. The third-order valence-electron chi connectivity index (χ3n) is 4.64. The first-order valence-corrected chi connectivity index (χ1v) is 11.9. The van der Waals surface area contributed by atoms with E-state index in [9.17, 15) is 8.42 Å². The molecule has 0 fully saturated rings. The van der Waals surface area contributed by atoms with Crippen LogP contribution < -0.4 is 15.9 Å². The maximum absolute atomic E-state index is 11.2. The SMILES string of the molecule is O=S(=O)(O)c1ccc(-c2ccc(P(c3ccccc3)c3ccccc3)cc2)cc1. The quantitative estimate of drug-likeness (QED) is 0.387. The molecule has 0 heterocycles. The van der Waals surface area contributed by atoms with Gasteiger partial charge in [-0.1, -0.05) is 97.1 Å². The van der Waals surface area contributed by atoms with Crippen LogP contribution in [0.5, 0.6) is 0 Å². The highest BCUT2D eigenvalue weighted by molar-refractivity contribution is 7.85. The van der Waals surface area contributed by atoms with Gasteiger partial charge in [0, 0.05) is 0 Å². The maximum atomic E-state index is 11.2. The molecule has 3 nitrogen and oxygen atoms in total. The predicted octanol–water partition coefficient (Wildman–Crippen LogP) is 4.36. The van der Waals surface area contributed by atoms with Crippen molar-refractivity contribution >= 4 is 34.0 Å². The molecule has 0 aliphatic heterocycles. The number of rotatable bonds is 5. The van der Waals surface area contributed by atoms with E-state index < -0.39 is 18.0 Å². The van der Waals surface area contributed by atoms with Gasteiger partial charge in [-0.15, -0.1) is 0 Å². The van der Waals surface area contributed by atoms with Crippen molar-refractivity contribution in [2.24, 2.45) is 0 Å². The molecule has 0 saturated heterocycles. The predicted molar refractivity (Wildman–Crippen MR) is 120 cm³/mol. The minimum absolute atomic E-state index is 0.102. The molecule has 0 aliphatic rings. The first-order chi connectivity index (χ1) is 14.0. The highest BCUT2D eigenvalue weighted by Crippen LogP contribution is 2.33.